The number of nitrogens with two attached hydrogens (primary N) is 1. The zero-order valence-corrected chi connectivity index (χ0v) is 12.3. The van der Waals surface area contributed by atoms with E-state index >= 15 is 0 Å². The molecule has 0 saturated heterocycles. The average molecular weight is 291 g/mol. The molecule has 1 heterocycles. The van der Waals surface area contributed by atoms with Crippen molar-refractivity contribution in [2.75, 3.05) is 20.0 Å². The number of rotatable bonds is 6. The number of nitrogens with zero attached hydrogens (tertiary/aromatic N) is 2. The van der Waals surface area contributed by atoms with Crippen LogP contribution in [0.3, 0.4) is 0 Å². The first-order chi connectivity index (χ1) is 9.74. The standard InChI is InChI=1S/C14H17N3O2S/c1-18-10-4-5-11(13(8-10)19-2)12(15)9-20-14-16-6-3-7-17-14/h3-8,12H,9,15H2,1-2H3. The van der Waals surface area contributed by atoms with E-state index in [0.29, 0.717) is 5.75 Å². The summed E-state index contributed by atoms with van der Waals surface area (Å²) < 4.78 is 10.5. The lowest BCUT2D eigenvalue weighted by Gasteiger charge is -2.16. The molecule has 0 amide bonds. The van der Waals surface area contributed by atoms with Crippen molar-refractivity contribution in [1.29, 1.82) is 0 Å². The highest BCUT2D eigenvalue weighted by Crippen LogP contribution is 2.30. The Labute approximate surface area is 122 Å². The first-order valence-corrected chi connectivity index (χ1v) is 7.10. The summed E-state index contributed by atoms with van der Waals surface area (Å²) in [6.07, 6.45) is 3.43. The number of ether oxygens (including phenoxy) is 2. The van der Waals surface area contributed by atoms with E-state index in [1.54, 1.807) is 32.7 Å². The molecule has 2 aromatic rings. The largest absolute Gasteiger partial charge is 0.497 e. The van der Waals surface area contributed by atoms with Crippen LogP contribution in [0, 0.1) is 0 Å². The van der Waals surface area contributed by atoms with Crippen LogP contribution in [-0.2, 0) is 0 Å². The lowest BCUT2D eigenvalue weighted by molar-refractivity contribution is 0.389. The number of hydrogen-bond donors (Lipinski definition) is 1. The van der Waals surface area contributed by atoms with Crippen molar-refractivity contribution >= 4 is 11.8 Å². The Morgan fingerprint density at radius 2 is 1.95 bits per heavy atom. The monoisotopic (exact) mass is 291 g/mol. The van der Waals surface area contributed by atoms with E-state index in [1.807, 2.05) is 18.2 Å². The number of aromatic nitrogens is 2. The Kier molecular flexibility index (Phi) is 5.20. The lowest BCUT2D eigenvalue weighted by Crippen LogP contribution is -2.14. The molecule has 1 atom stereocenters. The van der Waals surface area contributed by atoms with Crippen LogP contribution in [0.5, 0.6) is 11.5 Å². The highest BCUT2D eigenvalue weighted by Gasteiger charge is 2.14. The van der Waals surface area contributed by atoms with Crippen molar-refractivity contribution in [2.24, 2.45) is 5.73 Å². The van der Waals surface area contributed by atoms with Crippen LogP contribution in [0.15, 0.2) is 41.8 Å². The zero-order chi connectivity index (χ0) is 14.4. The summed E-state index contributed by atoms with van der Waals surface area (Å²) >= 11 is 1.52. The first kappa shape index (κ1) is 14.6. The zero-order valence-electron chi connectivity index (χ0n) is 11.4. The minimum atomic E-state index is -0.162. The molecular weight excluding hydrogens is 274 g/mol. The Morgan fingerprint density at radius 1 is 1.20 bits per heavy atom. The highest BCUT2D eigenvalue weighted by molar-refractivity contribution is 7.99. The van der Waals surface area contributed by atoms with Gasteiger partial charge in [0.25, 0.3) is 0 Å². The average Bonchev–Trinajstić information content (AvgIpc) is 2.52. The van der Waals surface area contributed by atoms with Crippen molar-refractivity contribution in [3.05, 3.63) is 42.2 Å². The fourth-order valence-corrected chi connectivity index (χ4v) is 2.52. The van der Waals surface area contributed by atoms with Crippen molar-refractivity contribution in [2.45, 2.75) is 11.2 Å². The van der Waals surface area contributed by atoms with Crippen molar-refractivity contribution in [3.63, 3.8) is 0 Å². The van der Waals surface area contributed by atoms with Gasteiger partial charge in [-0.15, -0.1) is 0 Å². The van der Waals surface area contributed by atoms with Crippen LogP contribution < -0.4 is 15.2 Å². The third kappa shape index (κ3) is 3.61. The minimum absolute atomic E-state index is 0.162. The Balaban J connectivity index is 2.07. The van der Waals surface area contributed by atoms with Gasteiger partial charge in [-0.3, -0.25) is 0 Å². The fraction of sp³-hybridized carbons (Fsp3) is 0.286. The van der Waals surface area contributed by atoms with Crippen LogP contribution in [0.4, 0.5) is 0 Å². The van der Waals surface area contributed by atoms with Crippen LogP contribution in [0.25, 0.3) is 0 Å². The van der Waals surface area contributed by atoms with Gasteiger partial charge in [0.05, 0.1) is 14.2 Å². The second-order valence-corrected chi connectivity index (χ2v) is 5.04. The van der Waals surface area contributed by atoms with Gasteiger partial charge < -0.3 is 15.2 Å². The lowest BCUT2D eigenvalue weighted by atomic mass is 10.1. The van der Waals surface area contributed by atoms with Gasteiger partial charge in [-0.25, -0.2) is 9.97 Å². The van der Waals surface area contributed by atoms with Gasteiger partial charge in [0, 0.05) is 35.8 Å². The Bertz CT molecular complexity index is 551. The maximum Gasteiger partial charge on any atom is 0.187 e. The van der Waals surface area contributed by atoms with E-state index in [2.05, 4.69) is 9.97 Å². The molecule has 6 heteroatoms. The predicted molar refractivity (Wildman–Crippen MR) is 79.2 cm³/mol. The van der Waals surface area contributed by atoms with Gasteiger partial charge in [0.2, 0.25) is 0 Å². The number of benzene rings is 1. The highest BCUT2D eigenvalue weighted by atomic mass is 32.2. The van der Waals surface area contributed by atoms with Crippen LogP contribution in [-0.4, -0.2) is 29.9 Å². The number of thioether (sulfide) groups is 1. The molecule has 1 aromatic heterocycles. The molecule has 0 spiro atoms. The van der Waals surface area contributed by atoms with E-state index < -0.39 is 0 Å². The number of methoxy groups -OCH3 is 2. The summed E-state index contributed by atoms with van der Waals surface area (Å²) in [6.45, 7) is 0. The molecule has 0 saturated carbocycles. The SMILES string of the molecule is COc1ccc(C(N)CSc2ncccn2)c(OC)c1. The molecule has 20 heavy (non-hydrogen) atoms. The second-order valence-electron chi connectivity index (χ2n) is 4.06. The van der Waals surface area contributed by atoms with E-state index in [4.69, 9.17) is 15.2 Å². The summed E-state index contributed by atoms with van der Waals surface area (Å²) in [6, 6.07) is 7.26. The molecule has 0 radical (unpaired) electrons. The molecule has 1 aromatic carbocycles. The van der Waals surface area contributed by atoms with Gasteiger partial charge in [-0.1, -0.05) is 17.8 Å². The van der Waals surface area contributed by atoms with Gasteiger partial charge >= 0.3 is 0 Å². The van der Waals surface area contributed by atoms with Crippen molar-refractivity contribution in [1.82, 2.24) is 9.97 Å². The van der Waals surface area contributed by atoms with Crippen molar-refractivity contribution in [3.8, 4) is 11.5 Å². The summed E-state index contributed by atoms with van der Waals surface area (Å²) in [5.74, 6) is 2.15. The molecule has 0 aliphatic carbocycles. The van der Waals surface area contributed by atoms with E-state index in [1.165, 1.54) is 11.8 Å². The molecule has 1 unspecified atom stereocenters. The first-order valence-electron chi connectivity index (χ1n) is 6.12. The minimum Gasteiger partial charge on any atom is -0.497 e. The molecule has 5 nitrogen and oxygen atoms in total. The van der Waals surface area contributed by atoms with Gasteiger partial charge in [-0.05, 0) is 12.1 Å². The summed E-state index contributed by atoms with van der Waals surface area (Å²) in [5.41, 5.74) is 7.15. The van der Waals surface area contributed by atoms with Gasteiger partial charge in [0.15, 0.2) is 5.16 Å². The van der Waals surface area contributed by atoms with E-state index in [-0.39, 0.29) is 6.04 Å². The normalized spacial score (nSPS) is 11.9. The van der Waals surface area contributed by atoms with E-state index in [0.717, 1.165) is 22.2 Å². The van der Waals surface area contributed by atoms with Crippen LogP contribution in [0.2, 0.25) is 0 Å². The fourth-order valence-electron chi connectivity index (χ4n) is 1.74. The van der Waals surface area contributed by atoms with Crippen molar-refractivity contribution < 1.29 is 9.47 Å². The quantitative estimate of drug-likeness (QED) is 0.650. The molecule has 0 aliphatic heterocycles. The topological polar surface area (TPSA) is 70.3 Å². The summed E-state index contributed by atoms with van der Waals surface area (Å²) in [5, 5.41) is 0.718. The summed E-state index contributed by atoms with van der Waals surface area (Å²) in [7, 11) is 3.25. The van der Waals surface area contributed by atoms with Gasteiger partial charge in [-0.2, -0.15) is 0 Å². The maximum atomic E-state index is 6.21. The molecule has 106 valence electrons. The Hall–Kier alpha value is -1.79. The molecule has 0 aliphatic rings. The smallest absolute Gasteiger partial charge is 0.187 e. The molecule has 0 fully saturated rings. The molecular formula is C14H17N3O2S. The molecule has 2 rings (SSSR count). The van der Waals surface area contributed by atoms with Gasteiger partial charge in [0.1, 0.15) is 11.5 Å². The Morgan fingerprint density at radius 3 is 2.60 bits per heavy atom. The third-order valence-electron chi connectivity index (χ3n) is 2.77. The molecule has 2 N–H and O–H groups in total. The number of hydrogen-bond acceptors (Lipinski definition) is 6. The maximum absolute atomic E-state index is 6.21. The van der Waals surface area contributed by atoms with Crippen LogP contribution in [0.1, 0.15) is 11.6 Å². The summed E-state index contributed by atoms with van der Waals surface area (Å²) in [4.78, 5) is 8.32. The molecule has 0 bridgehead atoms. The van der Waals surface area contributed by atoms with Crippen LogP contribution >= 0.6 is 11.8 Å². The second kappa shape index (κ2) is 7.12. The predicted octanol–water partition coefficient (Wildman–Crippen LogP) is 2.29. The third-order valence-corrected chi connectivity index (χ3v) is 3.77. The van der Waals surface area contributed by atoms with E-state index in [9.17, 15) is 0 Å².